The molecule has 4 nitrogen and oxygen atoms in total. The van der Waals surface area contributed by atoms with E-state index in [1.54, 1.807) is 12.1 Å². The molecule has 2 aliphatic rings. The van der Waals surface area contributed by atoms with Crippen LogP contribution in [-0.4, -0.2) is 11.1 Å². The first kappa shape index (κ1) is 21.1. The molecule has 0 aromatic heterocycles. The van der Waals surface area contributed by atoms with Gasteiger partial charge in [-0.3, -0.25) is 0 Å². The van der Waals surface area contributed by atoms with Gasteiger partial charge >= 0.3 is 5.97 Å². The fourth-order valence-corrected chi connectivity index (χ4v) is 4.28. The molecule has 1 aliphatic heterocycles. The fraction of sp³-hybridized carbons (Fsp3) is 0.148. The summed E-state index contributed by atoms with van der Waals surface area (Å²) in [7, 11) is 0. The number of anilines is 1. The average Bonchev–Trinajstić information content (AvgIpc) is 3.59. The van der Waals surface area contributed by atoms with Crippen molar-refractivity contribution in [1.82, 2.24) is 5.43 Å². The molecule has 0 bridgehead atoms. The maximum absolute atomic E-state index is 15.0. The van der Waals surface area contributed by atoms with Crippen molar-refractivity contribution in [2.75, 3.05) is 5.43 Å². The summed E-state index contributed by atoms with van der Waals surface area (Å²) >= 11 is 0. The summed E-state index contributed by atoms with van der Waals surface area (Å²) in [5.41, 5.74) is 11.3. The molecule has 3 aromatic rings. The van der Waals surface area contributed by atoms with Crippen LogP contribution in [0.5, 0.6) is 0 Å². The molecule has 1 fully saturated rings. The van der Waals surface area contributed by atoms with Crippen molar-refractivity contribution in [3.05, 3.63) is 106 Å². The minimum Gasteiger partial charge on any atom is -0.478 e. The van der Waals surface area contributed by atoms with Gasteiger partial charge in [-0.1, -0.05) is 48.5 Å². The van der Waals surface area contributed by atoms with E-state index in [1.807, 2.05) is 48.5 Å². The van der Waals surface area contributed by atoms with E-state index in [2.05, 4.69) is 10.9 Å². The SMILES string of the molecule is O=C(O)/C=C/c1ccc(/C(=C(\c2ccccc2F)C2CC2)c2ccc3c(c2)C(F)NN3)cc1. The van der Waals surface area contributed by atoms with E-state index in [1.165, 1.54) is 12.1 Å². The van der Waals surface area contributed by atoms with Crippen molar-refractivity contribution < 1.29 is 18.7 Å². The maximum Gasteiger partial charge on any atom is 0.328 e. The van der Waals surface area contributed by atoms with Gasteiger partial charge in [0.05, 0.1) is 5.69 Å². The molecule has 1 saturated carbocycles. The zero-order chi connectivity index (χ0) is 22.9. The second-order valence-electron chi connectivity index (χ2n) is 8.27. The van der Waals surface area contributed by atoms with Crippen molar-refractivity contribution in [3.63, 3.8) is 0 Å². The normalized spacial score (nSPS) is 18.1. The quantitative estimate of drug-likeness (QED) is 0.241. The highest BCUT2D eigenvalue weighted by atomic mass is 19.1. The number of nitrogens with one attached hydrogen (secondary N) is 2. The van der Waals surface area contributed by atoms with E-state index in [-0.39, 0.29) is 11.7 Å². The highest BCUT2D eigenvalue weighted by molar-refractivity contribution is 6.00. The second kappa shape index (κ2) is 8.64. The van der Waals surface area contributed by atoms with Crippen molar-refractivity contribution >= 4 is 28.9 Å². The van der Waals surface area contributed by atoms with Crippen LogP contribution in [0.2, 0.25) is 0 Å². The lowest BCUT2D eigenvalue weighted by molar-refractivity contribution is -0.131. The van der Waals surface area contributed by atoms with E-state index >= 15 is 0 Å². The Bertz CT molecular complexity index is 1280. The van der Waals surface area contributed by atoms with E-state index in [0.29, 0.717) is 16.8 Å². The molecule has 33 heavy (non-hydrogen) atoms. The van der Waals surface area contributed by atoms with E-state index in [0.717, 1.165) is 46.8 Å². The van der Waals surface area contributed by atoms with E-state index in [4.69, 9.17) is 5.11 Å². The Kier molecular flexibility index (Phi) is 5.52. The number of fused-ring (bicyclic) bond motifs is 1. The largest absolute Gasteiger partial charge is 0.478 e. The lowest BCUT2D eigenvalue weighted by atomic mass is 9.86. The van der Waals surface area contributed by atoms with Crippen LogP contribution in [0.4, 0.5) is 14.5 Å². The fourth-order valence-electron chi connectivity index (χ4n) is 4.28. The summed E-state index contributed by atoms with van der Waals surface area (Å²) in [6.45, 7) is 0. The van der Waals surface area contributed by atoms with Crippen LogP contribution >= 0.6 is 0 Å². The molecule has 1 atom stereocenters. The zero-order valence-electron chi connectivity index (χ0n) is 17.7. The highest BCUT2D eigenvalue weighted by Crippen LogP contribution is 2.48. The van der Waals surface area contributed by atoms with Gasteiger partial charge in [0.1, 0.15) is 5.82 Å². The van der Waals surface area contributed by atoms with Crippen LogP contribution in [0.15, 0.2) is 72.8 Å². The number of benzene rings is 3. The predicted octanol–water partition coefficient (Wildman–Crippen LogP) is 6.19. The van der Waals surface area contributed by atoms with Crippen molar-refractivity contribution in [2.24, 2.45) is 5.92 Å². The molecule has 0 spiro atoms. The number of halogens is 2. The highest BCUT2D eigenvalue weighted by Gasteiger charge is 2.32. The molecule has 1 unspecified atom stereocenters. The number of hydrogen-bond acceptors (Lipinski definition) is 3. The summed E-state index contributed by atoms with van der Waals surface area (Å²) in [6.07, 6.45) is 3.21. The third-order valence-electron chi connectivity index (χ3n) is 5.98. The molecule has 0 saturated heterocycles. The predicted molar refractivity (Wildman–Crippen MR) is 125 cm³/mol. The number of allylic oxidation sites excluding steroid dienone is 1. The minimum atomic E-state index is -1.33. The number of carbonyl (C=O) groups is 1. The van der Waals surface area contributed by atoms with Gasteiger partial charge in [0.2, 0.25) is 0 Å². The average molecular weight is 444 g/mol. The molecule has 3 N–H and O–H groups in total. The number of hydrogen-bond donors (Lipinski definition) is 3. The topological polar surface area (TPSA) is 61.4 Å². The lowest BCUT2D eigenvalue weighted by Crippen LogP contribution is -2.14. The Morgan fingerprint density at radius 1 is 1.00 bits per heavy atom. The summed E-state index contributed by atoms with van der Waals surface area (Å²) in [5.74, 6) is -1.09. The number of hydrazine groups is 1. The molecule has 1 aliphatic carbocycles. The Hall–Kier alpha value is -3.77. The van der Waals surface area contributed by atoms with Gasteiger partial charge in [-0.15, -0.1) is 0 Å². The second-order valence-corrected chi connectivity index (χ2v) is 8.27. The van der Waals surface area contributed by atoms with Gasteiger partial charge in [-0.25, -0.2) is 19.0 Å². The Morgan fingerprint density at radius 2 is 1.73 bits per heavy atom. The molecular weight excluding hydrogens is 422 g/mol. The van der Waals surface area contributed by atoms with Crippen LogP contribution in [-0.2, 0) is 4.79 Å². The zero-order valence-corrected chi connectivity index (χ0v) is 17.7. The number of alkyl halides is 1. The molecule has 5 rings (SSSR count). The van der Waals surface area contributed by atoms with Crippen LogP contribution in [0.3, 0.4) is 0 Å². The first-order valence-corrected chi connectivity index (χ1v) is 10.8. The van der Waals surface area contributed by atoms with Crippen LogP contribution in [0.25, 0.3) is 17.2 Å². The minimum absolute atomic E-state index is 0.217. The van der Waals surface area contributed by atoms with Gasteiger partial charge in [0, 0.05) is 17.2 Å². The molecule has 6 heteroatoms. The summed E-state index contributed by atoms with van der Waals surface area (Å²) in [5, 5.41) is 8.89. The molecule has 0 amide bonds. The number of rotatable bonds is 6. The molecular formula is C27H22F2N2O2. The van der Waals surface area contributed by atoms with Gasteiger partial charge in [-0.2, -0.15) is 0 Å². The Balaban J connectivity index is 1.71. The smallest absolute Gasteiger partial charge is 0.328 e. The summed E-state index contributed by atoms with van der Waals surface area (Å²) in [6, 6.07) is 19.8. The number of carboxylic acid groups (broad SMARTS) is 1. The Labute approximate surface area is 190 Å². The van der Waals surface area contributed by atoms with Crippen molar-refractivity contribution in [3.8, 4) is 0 Å². The summed E-state index contributed by atoms with van der Waals surface area (Å²) < 4.78 is 29.4. The number of carboxylic acids is 1. The number of aliphatic carboxylic acids is 1. The molecule has 0 radical (unpaired) electrons. The monoisotopic (exact) mass is 444 g/mol. The van der Waals surface area contributed by atoms with Gasteiger partial charge in [-0.05, 0) is 70.9 Å². The molecule has 1 heterocycles. The lowest BCUT2D eigenvalue weighted by Gasteiger charge is -2.18. The summed E-state index contributed by atoms with van der Waals surface area (Å²) in [4.78, 5) is 10.8. The van der Waals surface area contributed by atoms with Crippen LogP contribution < -0.4 is 10.9 Å². The first-order valence-electron chi connectivity index (χ1n) is 10.8. The standard InChI is InChI=1S/C27H22F2N2O2/c28-22-4-2-1-3-20(22)26(18-10-11-18)25(17-8-5-16(6-9-17)7-14-24(32)33)19-12-13-23-21(15-19)27(29)31-30-23/h1-9,12-15,18,27,30-31H,10-11H2,(H,32,33)/b14-7+,26-25+. The van der Waals surface area contributed by atoms with Gasteiger partial charge in [0.15, 0.2) is 6.30 Å². The van der Waals surface area contributed by atoms with E-state index in [9.17, 15) is 13.6 Å². The van der Waals surface area contributed by atoms with E-state index < -0.39 is 12.3 Å². The van der Waals surface area contributed by atoms with Gasteiger partial charge in [0.25, 0.3) is 0 Å². The first-order chi connectivity index (χ1) is 16.0. The Morgan fingerprint density at radius 3 is 2.42 bits per heavy atom. The third kappa shape index (κ3) is 4.30. The van der Waals surface area contributed by atoms with Crippen molar-refractivity contribution in [1.29, 1.82) is 0 Å². The van der Waals surface area contributed by atoms with Crippen LogP contribution in [0, 0.1) is 11.7 Å². The van der Waals surface area contributed by atoms with Crippen LogP contribution in [0.1, 0.15) is 47.0 Å². The molecule has 3 aromatic carbocycles. The maximum atomic E-state index is 15.0. The van der Waals surface area contributed by atoms with Crippen molar-refractivity contribution in [2.45, 2.75) is 19.1 Å². The molecule has 166 valence electrons. The van der Waals surface area contributed by atoms with Gasteiger partial charge < -0.3 is 10.5 Å². The third-order valence-corrected chi connectivity index (χ3v) is 5.98.